The summed E-state index contributed by atoms with van der Waals surface area (Å²) in [6.45, 7) is 5.97. The van der Waals surface area contributed by atoms with Gasteiger partial charge in [0, 0.05) is 37.1 Å². The standard InChI is InChI=1S/C20H26N4O2S/c1-14(2)24-10-9-21-19(26)17(24)11-18(25)23(3)12-16-13-27-20(22-16)15-7-5-4-6-8-15/h4-8,13-14,17H,9-12H2,1-3H3,(H,21,26). The Kier molecular flexibility index (Phi) is 6.23. The van der Waals surface area contributed by atoms with Crippen molar-refractivity contribution < 1.29 is 9.59 Å². The molecule has 1 saturated heterocycles. The molecule has 1 unspecified atom stereocenters. The van der Waals surface area contributed by atoms with Crippen LogP contribution in [0, 0.1) is 0 Å². The van der Waals surface area contributed by atoms with Crippen LogP contribution in [0.1, 0.15) is 26.0 Å². The lowest BCUT2D eigenvalue weighted by molar-refractivity contribution is -0.139. The lowest BCUT2D eigenvalue weighted by atomic mass is 10.1. The van der Waals surface area contributed by atoms with Gasteiger partial charge in [-0.05, 0) is 13.8 Å². The Balaban J connectivity index is 1.62. The normalized spacial score (nSPS) is 17.8. The van der Waals surface area contributed by atoms with E-state index in [1.54, 1.807) is 23.3 Å². The Hall–Kier alpha value is -2.25. The molecule has 0 radical (unpaired) electrons. The smallest absolute Gasteiger partial charge is 0.237 e. The van der Waals surface area contributed by atoms with E-state index in [4.69, 9.17) is 0 Å². The second-order valence-electron chi connectivity index (χ2n) is 7.10. The Labute approximate surface area is 164 Å². The predicted molar refractivity (Wildman–Crippen MR) is 107 cm³/mol. The van der Waals surface area contributed by atoms with E-state index < -0.39 is 6.04 Å². The molecule has 2 aromatic rings. The summed E-state index contributed by atoms with van der Waals surface area (Å²) in [6, 6.07) is 9.84. The fourth-order valence-electron chi connectivity index (χ4n) is 3.31. The molecule has 144 valence electrons. The van der Waals surface area contributed by atoms with Crippen LogP contribution < -0.4 is 5.32 Å². The van der Waals surface area contributed by atoms with Crippen molar-refractivity contribution in [2.45, 2.75) is 38.9 Å². The van der Waals surface area contributed by atoms with Gasteiger partial charge in [0.15, 0.2) is 0 Å². The molecule has 1 aromatic carbocycles. The highest BCUT2D eigenvalue weighted by atomic mass is 32.1. The third kappa shape index (κ3) is 4.73. The first-order valence-corrected chi connectivity index (χ1v) is 10.1. The van der Waals surface area contributed by atoms with E-state index in [1.807, 2.05) is 35.7 Å². The van der Waals surface area contributed by atoms with Gasteiger partial charge in [0.05, 0.1) is 24.7 Å². The largest absolute Gasteiger partial charge is 0.353 e. The maximum atomic E-state index is 12.7. The van der Waals surface area contributed by atoms with Crippen LogP contribution in [0.4, 0.5) is 0 Å². The number of benzene rings is 1. The molecule has 3 rings (SSSR count). The number of amides is 2. The minimum atomic E-state index is -0.399. The summed E-state index contributed by atoms with van der Waals surface area (Å²) in [7, 11) is 1.77. The molecular formula is C20H26N4O2S. The van der Waals surface area contributed by atoms with Crippen molar-refractivity contribution in [3.63, 3.8) is 0 Å². The molecule has 6 nitrogen and oxygen atoms in total. The van der Waals surface area contributed by atoms with Crippen molar-refractivity contribution in [3.8, 4) is 10.6 Å². The Bertz CT molecular complexity index is 790. The summed E-state index contributed by atoms with van der Waals surface area (Å²) in [4.78, 5) is 33.4. The van der Waals surface area contributed by atoms with Crippen molar-refractivity contribution >= 4 is 23.2 Å². The number of rotatable bonds is 6. The number of aromatic nitrogens is 1. The van der Waals surface area contributed by atoms with Crippen LogP contribution in [0.25, 0.3) is 10.6 Å². The zero-order chi connectivity index (χ0) is 19.4. The average molecular weight is 387 g/mol. The zero-order valence-electron chi connectivity index (χ0n) is 16.0. The maximum Gasteiger partial charge on any atom is 0.237 e. The van der Waals surface area contributed by atoms with E-state index in [0.717, 1.165) is 22.8 Å². The van der Waals surface area contributed by atoms with E-state index >= 15 is 0 Å². The summed E-state index contributed by atoms with van der Waals surface area (Å²) in [5.74, 6) is -0.103. The average Bonchev–Trinajstić information content (AvgIpc) is 3.12. The Morgan fingerprint density at radius 2 is 2.11 bits per heavy atom. The minimum Gasteiger partial charge on any atom is -0.353 e. The van der Waals surface area contributed by atoms with Crippen LogP contribution in [0.3, 0.4) is 0 Å². The highest BCUT2D eigenvalue weighted by Gasteiger charge is 2.33. The highest BCUT2D eigenvalue weighted by Crippen LogP contribution is 2.24. The molecule has 1 atom stereocenters. The fraction of sp³-hybridized carbons (Fsp3) is 0.450. The van der Waals surface area contributed by atoms with Gasteiger partial charge in [-0.2, -0.15) is 0 Å². The maximum absolute atomic E-state index is 12.7. The first kappa shape index (κ1) is 19.5. The number of hydrogen-bond donors (Lipinski definition) is 1. The molecule has 1 N–H and O–H groups in total. The molecule has 0 aliphatic carbocycles. The van der Waals surface area contributed by atoms with Gasteiger partial charge in [0.2, 0.25) is 11.8 Å². The highest BCUT2D eigenvalue weighted by molar-refractivity contribution is 7.13. The van der Waals surface area contributed by atoms with Crippen LogP contribution in [0.2, 0.25) is 0 Å². The van der Waals surface area contributed by atoms with Crippen molar-refractivity contribution in [1.82, 2.24) is 20.1 Å². The first-order chi connectivity index (χ1) is 13.0. The van der Waals surface area contributed by atoms with Gasteiger partial charge in [-0.3, -0.25) is 14.5 Å². The fourth-order valence-corrected chi connectivity index (χ4v) is 4.12. The minimum absolute atomic E-state index is 0.0445. The van der Waals surface area contributed by atoms with Crippen LogP contribution in [-0.2, 0) is 16.1 Å². The van der Waals surface area contributed by atoms with Gasteiger partial charge in [0.25, 0.3) is 0 Å². The second kappa shape index (κ2) is 8.63. The Morgan fingerprint density at radius 1 is 1.37 bits per heavy atom. The molecule has 7 heteroatoms. The Morgan fingerprint density at radius 3 is 2.81 bits per heavy atom. The molecule has 1 aliphatic heterocycles. The van der Waals surface area contributed by atoms with Gasteiger partial charge in [-0.1, -0.05) is 30.3 Å². The van der Waals surface area contributed by atoms with Crippen LogP contribution in [-0.4, -0.2) is 58.8 Å². The van der Waals surface area contributed by atoms with Gasteiger partial charge in [-0.25, -0.2) is 4.98 Å². The van der Waals surface area contributed by atoms with Crippen molar-refractivity contribution in [3.05, 3.63) is 41.4 Å². The molecule has 27 heavy (non-hydrogen) atoms. The van der Waals surface area contributed by atoms with E-state index in [9.17, 15) is 9.59 Å². The van der Waals surface area contributed by atoms with Crippen molar-refractivity contribution in [2.75, 3.05) is 20.1 Å². The summed E-state index contributed by atoms with van der Waals surface area (Å²) in [6.07, 6.45) is 0.191. The lowest BCUT2D eigenvalue weighted by Gasteiger charge is -2.38. The lowest BCUT2D eigenvalue weighted by Crippen LogP contribution is -2.58. The van der Waals surface area contributed by atoms with Gasteiger partial charge >= 0.3 is 0 Å². The first-order valence-electron chi connectivity index (χ1n) is 9.23. The van der Waals surface area contributed by atoms with Gasteiger partial charge < -0.3 is 10.2 Å². The molecule has 1 aromatic heterocycles. The molecule has 2 amide bonds. The van der Waals surface area contributed by atoms with Gasteiger partial charge in [0.1, 0.15) is 5.01 Å². The molecule has 1 fully saturated rings. The monoisotopic (exact) mass is 386 g/mol. The van der Waals surface area contributed by atoms with Crippen molar-refractivity contribution in [1.29, 1.82) is 0 Å². The van der Waals surface area contributed by atoms with E-state index in [2.05, 4.69) is 29.0 Å². The summed E-state index contributed by atoms with van der Waals surface area (Å²) < 4.78 is 0. The summed E-state index contributed by atoms with van der Waals surface area (Å²) in [5.41, 5.74) is 1.94. The molecule has 2 heterocycles. The number of piperazine rings is 1. The summed E-state index contributed by atoms with van der Waals surface area (Å²) in [5, 5.41) is 5.80. The second-order valence-corrected chi connectivity index (χ2v) is 7.96. The van der Waals surface area contributed by atoms with E-state index in [-0.39, 0.29) is 24.3 Å². The predicted octanol–water partition coefficient (Wildman–Crippen LogP) is 2.37. The molecular weight excluding hydrogens is 360 g/mol. The molecule has 1 aliphatic rings. The van der Waals surface area contributed by atoms with Crippen LogP contribution >= 0.6 is 11.3 Å². The number of carbonyl (C=O) groups is 2. The van der Waals surface area contributed by atoms with Crippen LogP contribution in [0.15, 0.2) is 35.7 Å². The van der Waals surface area contributed by atoms with Crippen molar-refractivity contribution in [2.24, 2.45) is 0 Å². The number of carbonyl (C=O) groups excluding carboxylic acids is 2. The third-order valence-corrected chi connectivity index (χ3v) is 5.74. The molecule has 0 spiro atoms. The quantitative estimate of drug-likeness (QED) is 0.828. The van der Waals surface area contributed by atoms with Gasteiger partial charge in [-0.15, -0.1) is 11.3 Å². The molecule has 0 saturated carbocycles. The topological polar surface area (TPSA) is 65.5 Å². The third-order valence-electron chi connectivity index (χ3n) is 4.80. The molecule has 0 bridgehead atoms. The van der Waals surface area contributed by atoms with Crippen LogP contribution in [0.5, 0.6) is 0 Å². The number of hydrogen-bond acceptors (Lipinski definition) is 5. The number of nitrogens with zero attached hydrogens (tertiary/aromatic N) is 3. The number of nitrogens with one attached hydrogen (secondary N) is 1. The van der Waals surface area contributed by atoms with E-state index in [0.29, 0.717) is 13.1 Å². The summed E-state index contributed by atoms with van der Waals surface area (Å²) >= 11 is 1.58. The SMILES string of the molecule is CC(C)N1CCNC(=O)C1CC(=O)N(C)Cc1csc(-c2ccccc2)n1. The number of thiazole rings is 1. The zero-order valence-corrected chi connectivity index (χ0v) is 16.8. The van der Waals surface area contributed by atoms with E-state index in [1.165, 1.54) is 0 Å².